The van der Waals surface area contributed by atoms with Gasteiger partial charge in [-0.15, -0.1) is 0 Å². The lowest BCUT2D eigenvalue weighted by atomic mass is 10.1. The summed E-state index contributed by atoms with van der Waals surface area (Å²) in [5.41, 5.74) is 1.79. The second-order valence-electron chi connectivity index (χ2n) is 6.60. The number of rotatable bonds is 6. The molecule has 0 spiro atoms. The Morgan fingerprint density at radius 3 is 2.33 bits per heavy atom. The van der Waals surface area contributed by atoms with Crippen molar-refractivity contribution in [2.75, 3.05) is 10.6 Å². The molecule has 3 rings (SSSR count). The van der Waals surface area contributed by atoms with E-state index < -0.39 is 12.2 Å². The predicted molar refractivity (Wildman–Crippen MR) is 102 cm³/mol. The number of nitrogens with zero attached hydrogens (tertiary/aromatic N) is 2. The Bertz CT molecular complexity index is 942. The van der Waals surface area contributed by atoms with Gasteiger partial charge < -0.3 is 10.6 Å². The highest BCUT2D eigenvalue weighted by molar-refractivity contribution is 5.92. The Labute approximate surface area is 155 Å². The molecule has 0 atom stereocenters. The van der Waals surface area contributed by atoms with Crippen LogP contribution in [-0.4, -0.2) is 15.9 Å². The SMILES string of the molecule is CC(C)CC(=O)Nc1ccc(Nc2nc(C(F)F)nc3ccccc23)cc1. The van der Waals surface area contributed by atoms with Crippen molar-refractivity contribution in [3.8, 4) is 0 Å². The maximum absolute atomic E-state index is 13.1. The van der Waals surface area contributed by atoms with E-state index in [4.69, 9.17) is 0 Å². The van der Waals surface area contributed by atoms with E-state index >= 15 is 0 Å². The van der Waals surface area contributed by atoms with Crippen molar-refractivity contribution < 1.29 is 13.6 Å². The lowest BCUT2D eigenvalue weighted by Gasteiger charge is -2.12. The Morgan fingerprint density at radius 1 is 1.00 bits per heavy atom. The maximum atomic E-state index is 13.1. The molecule has 0 radical (unpaired) electrons. The number of amides is 1. The zero-order valence-electron chi connectivity index (χ0n) is 15.0. The van der Waals surface area contributed by atoms with E-state index in [9.17, 15) is 13.6 Å². The number of benzene rings is 2. The van der Waals surface area contributed by atoms with Crippen LogP contribution in [-0.2, 0) is 4.79 Å². The fraction of sp³-hybridized carbons (Fsp3) is 0.250. The molecule has 0 saturated heterocycles. The van der Waals surface area contributed by atoms with E-state index in [1.165, 1.54) is 0 Å². The van der Waals surface area contributed by atoms with E-state index in [0.29, 0.717) is 34.5 Å². The number of aromatic nitrogens is 2. The molecule has 0 fully saturated rings. The molecular formula is C20H20F2N4O. The van der Waals surface area contributed by atoms with Crippen LogP contribution < -0.4 is 10.6 Å². The Hall–Kier alpha value is -3.09. The molecule has 140 valence electrons. The molecule has 0 unspecified atom stereocenters. The van der Waals surface area contributed by atoms with Gasteiger partial charge >= 0.3 is 0 Å². The Kier molecular flexibility index (Phi) is 5.59. The van der Waals surface area contributed by atoms with Gasteiger partial charge in [-0.2, -0.15) is 0 Å². The van der Waals surface area contributed by atoms with E-state index in [-0.39, 0.29) is 11.8 Å². The molecule has 0 aliphatic carbocycles. The quantitative estimate of drug-likeness (QED) is 0.618. The van der Waals surface area contributed by atoms with Crippen molar-refractivity contribution in [1.29, 1.82) is 0 Å². The minimum Gasteiger partial charge on any atom is -0.340 e. The fourth-order valence-electron chi connectivity index (χ4n) is 2.64. The van der Waals surface area contributed by atoms with Crippen molar-refractivity contribution in [2.24, 2.45) is 5.92 Å². The van der Waals surface area contributed by atoms with Crippen LogP contribution in [0.5, 0.6) is 0 Å². The average Bonchev–Trinajstić information content (AvgIpc) is 2.62. The first-order valence-corrected chi connectivity index (χ1v) is 8.64. The van der Waals surface area contributed by atoms with Crippen LogP contribution in [0.4, 0.5) is 26.0 Å². The van der Waals surface area contributed by atoms with Crippen LogP contribution in [0.2, 0.25) is 0 Å². The number of hydrogen-bond acceptors (Lipinski definition) is 4. The lowest BCUT2D eigenvalue weighted by Crippen LogP contribution is -2.13. The van der Waals surface area contributed by atoms with Gasteiger partial charge in [0, 0.05) is 23.2 Å². The number of fused-ring (bicyclic) bond motifs is 1. The third-order valence-electron chi connectivity index (χ3n) is 3.84. The molecule has 5 nitrogen and oxygen atoms in total. The number of hydrogen-bond donors (Lipinski definition) is 2. The number of anilines is 3. The van der Waals surface area contributed by atoms with E-state index in [1.807, 2.05) is 13.8 Å². The van der Waals surface area contributed by atoms with Gasteiger partial charge in [0.2, 0.25) is 5.91 Å². The highest BCUT2D eigenvalue weighted by atomic mass is 19.3. The molecule has 0 bridgehead atoms. The Morgan fingerprint density at radius 2 is 1.67 bits per heavy atom. The summed E-state index contributed by atoms with van der Waals surface area (Å²) in [7, 11) is 0. The van der Waals surface area contributed by atoms with Crippen molar-refractivity contribution in [3.05, 3.63) is 54.4 Å². The van der Waals surface area contributed by atoms with E-state index in [0.717, 1.165) is 0 Å². The van der Waals surface area contributed by atoms with Crippen molar-refractivity contribution >= 4 is 34.0 Å². The van der Waals surface area contributed by atoms with Gasteiger partial charge in [-0.3, -0.25) is 4.79 Å². The van der Waals surface area contributed by atoms with Crippen LogP contribution in [0.25, 0.3) is 10.9 Å². The number of halogens is 2. The minimum atomic E-state index is -2.76. The normalized spacial score (nSPS) is 11.2. The van der Waals surface area contributed by atoms with Gasteiger partial charge in [-0.1, -0.05) is 26.0 Å². The van der Waals surface area contributed by atoms with Gasteiger partial charge in [-0.25, -0.2) is 18.7 Å². The molecule has 3 aromatic rings. The summed E-state index contributed by atoms with van der Waals surface area (Å²) in [6.45, 7) is 3.96. The lowest BCUT2D eigenvalue weighted by molar-refractivity contribution is -0.116. The first-order chi connectivity index (χ1) is 12.9. The van der Waals surface area contributed by atoms with Gasteiger partial charge in [0.1, 0.15) is 5.82 Å². The van der Waals surface area contributed by atoms with Crippen molar-refractivity contribution in [3.63, 3.8) is 0 Å². The molecule has 2 N–H and O–H groups in total. The monoisotopic (exact) mass is 370 g/mol. The van der Waals surface area contributed by atoms with Gasteiger partial charge in [0.05, 0.1) is 5.52 Å². The second kappa shape index (κ2) is 8.07. The predicted octanol–water partition coefficient (Wildman–Crippen LogP) is 5.30. The van der Waals surface area contributed by atoms with Gasteiger partial charge in [0.25, 0.3) is 6.43 Å². The molecule has 0 aliphatic heterocycles. The van der Waals surface area contributed by atoms with Gasteiger partial charge in [-0.05, 0) is 42.3 Å². The van der Waals surface area contributed by atoms with E-state index in [2.05, 4.69) is 20.6 Å². The summed E-state index contributed by atoms with van der Waals surface area (Å²) >= 11 is 0. The van der Waals surface area contributed by atoms with Crippen LogP contribution in [0.3, 0.4) is 0 Å². The van der Waals surface area contributed by atoms with Crippen LogP contribution in [0.1, 0.15) is 32.5 Å². The molecule has 1 amide bonds. The topological polar surface area (TPSA) is 66.9 Å². The molecule has 7 heteroatoms. The zero-order chi connectivity index (χ0) is 19.4. The minimum absolute atomic E-state index is 0.0471. The third kappa shape index (κ3) is 4.75. The summed E-state index contributed by atoms with van der Waals surface area (Å²) in [6, 6.07) is 14.0. The smallest absolute Gasteiger partial charge is 0.297 e. The van der Waals surface area contributed by atoms with Crippen molar-refractivity contribution in [2.45, 2.75) is 26.7 Å². The zero-order valence-corrected chi connectivity index (χ0v) is 15.0. The molecule has 0 aliphatic rings. The first kappa shape index (κ1) is 18.7. The summed E-state index contributed by atoms with van der Waals surface area (Å²) in [5, 5.41) is 6.53. The molecule has 27 heavy (non-hydrogen) atoms. The average molecular weight is 370 g/mol. The summed E-state index contributed by atoms with van der Waals surface area (Å²) < 4.78 is 26.2. The largest absolute Gasteiger partial charge is 0.340 e. The molecular weight excluding hydrogens is 350 g/mol. The first-order valence-electron chi connectivity index (χ1n) is 8.64. The molecule has 1 heterocycles. The Balaban J connectivity index is 1.82. The number of alkyl halides is 2. The summed E-state index contributed by atoms with van der Waals surface area (Å²) in [5.74, 6) is 0.0244. The third-order valence-corrected chi connectivity index (χ3v) is 3.84. The highest BCUT2D eigenvalue weighted by Gasteiger charge is 2.15. The van der Waals surface area contributed by atoms with Crippen molar-refractivity contribution in [1.82, 2.24) is 9.97 Å². The maximum Gasteiger partial charge on any atom is 0.297 e. The summed E-state index contributed by atoms with van der Waals surface area (Å²) in [4.78, 5) is 19.7. The standard InChI is InChI=1S/C20H20F2N4O/c1-12(2)11-17(27)23-13-7-9-14(10-8-13)24-19-15-5-3-4-6-16(15)25-20(26-19)18(21)22/h3-10,12,18H,11H2,1-2H3,(H,23,27)(H,24,25,26). The summed E-state index contributed by atoms with van der Waals surface area (Å²) in [6.07, 6.45) is -2.31. The van der Waals surface area contributed by atoms with Crippen LogP contribution in [0, 0.1) is 5.92 Å². The number of nitrogens with one attached hydrogen (secondary N) is 2. The van der Waals surface area contributed by atoms with Crippen LogP contribution in [0.15, 0.2) is 48.5 Å². The molecule has 0 saturated carbocycles. The van der Waals surface area contributed by atoms with Crippen LogP contribution >= 0.6 is 0 Å². The van der Waals surface area contributed by atoms with Gasteiger partial charge in [0.15, 0.2) is 5.82 Å². The number of carbonyl (C=O) groups excluding carboxylic acids is 1. The number of para-hydroxylation sites is 1. The second-order valence-corrected chi connectivity index (χ2v) is 6.60. The molecule has 2 aromatic carbocycles. The number of carbonyl (C=O) groups is 1. The highest BCUT2D eigenvalue weighted by Crippen LogP contribution is 2.27. The fourth-order valence-corrected chi connectivity index (χ4v) is 2.64. The van der Waals surface area contributed by atoms with E-state index in [1.54, 1.807) is 48.5 Å². The molecule has 1 aromatic heterocycles.